The van der Waals surface area contributed by atoms with E-state index in [4.69, 9.17) is 4.74 Å². The lowest BCUT2D eigenvalue weighted by atomic mass is 9.84. The molecule has 1 fully saturated rings. The SMILES string of the molecule is CCCNCc1cnc(C2(OC)CCCCC2)nc1. The summed E-state index contributed by atoms with van der Waals surface area (Å²) in [4.78, 5) is 9.10. The van der Waals surface area contributed by atoms with Crippen LogP contribution in [0.15, 0.2) is 12.4 Å². The standard InChI is InChI=1S/C15H25N3O/c1-3-9-16-10-13-11-17-14(18-12-13)15(19-2)7-5-4-6-8-15/h11-12,16H,3-10H2,1-2H3. The number of methoxy groups -OCH3 is 1. The molecule has 0 amide bonds. The van der Waals surface area contributed by atoms with E-state index in [1.54, 1.807) is 7.11 Å². The van der Waals surface area contributed by atoms with E-state index in [2.05, 4.69) is 22.2 Å². The van der Waals surface area contributed by atoms with Crippen LogP contribution in [0.3, 0.4) is 0 Å². The first-order valence-corrected chi connectivity index (χ1v) is 7.38. The van der Waals surface area contributed by atoms with E-state index in [-0.39, 0.29) is 5.60 Å². The Morgan fingerprint density at radius 3 is 2.47 bits per heavy atom. The van der Waals surface area contributed by atoms with Crippen molar-refractivity contribution < 1.29 is 4.74 Å². The van der Waals surface area contributed by atoms with Crippen molar-refractivity contribution >= 4 is 0 Å². The Morgan fingerprint density at radius 1 is 1.21 bits per heavy atom. The van der Waals surface area contributed by atoms with E-state index >= 15 is 0 Å². The lowest BCUT2D eigenvalue weighted by Gasteiger charge is -2.34. The molecule has 0 aromatic carbocycles. The molecule has 1 aliphatic carbocycles. The molecule has 4 heteroatoms. The van der Waals surface area contributed by atoms with Crippen LogP contribution in [0.2, 0.25) is 0 Å². The summed E-state index contributed by atoms with van der Waals surface area (Å²) in [7, 11) is 1.78. The summed E-state index contributed by atoms with van der Waals surface area (Å²) in [5.41, 5.74) is 0.896. The normalized spacial score (nSPS) is 18.4. The molecular formula is C15H25N3O. The predicted molar refractivity (Wildman–Crippen MR) is 75.8 cm³/mol. The highest BCUT2D eigenvalue weighted by atomic mass is 16.5. The molecule has 106 valence electrons. The molecule has 1 heterocycles. The van der Waals surface area contributed by atoms with Gasteiger partial charge < -0.3 is 10.1 Å². The Bertz CT molecular complexity index is 371. The summed E-state index contributed by atoms with van der Waals surface area (Å²) in [6.07, 6.45) is 10.8. The molecule has 0 bridgehead atoms. The molecule has 1 aromatic heterocycles. The molecule has 0 unspecified atom stereocenters. The van der Waals surface area contributed by atoms with E-state index in [1.165, 1.54) is 19.3 Å². The average Bonchev–Trinajstić information content (AvgIpc) is 2.49. The second kappa shape index (κ2) is 6.96. The van der Waals surface area contributed by atoms with Gasteiger partial charge in [0.1, 0.15) is 5.60 Å². The lowest BCUT2D eigenvalue weighted by molar-refractivity contribution is -0.0515. The highest BCUT2D eigenvalue weighted by Crippen LogP contribution is 2.37. The monoisotopic (exact) mass is 263 g/mol. The average molecular weight is 263 g/mol. The minimum atomic E-state index is -0.242. The fraction of sp³-hybridized carbons (Fsp3) is 0.733. The van der Waals surface area contributed by atoms with Crippen LogP contribution in [0.5, 0.6) is 0 Å². The van der Waals surface area contributed by atoms with Gasteiger partial charge >= 0.3 is 0 Å². The molecule has 2 rings (SSSR count). The van der Waals surface area contributed by atoms with E-state index in [1.807, 2.05) is 12.4 Å². The number of nitrogens with one attached hydrogen (secondary N) is 1. The van der Waals surface area contributed by atoms with E-state index in [0.717, 1.165) is 43.7 Å². The van der Waals surface area contributed by atoms with Crippen molar-refractivity contribution in [1.82, 2.24) is 15.3 Å². The van der Waals surface area contributed by atoms with Crippen molar-refractivity contribution in [1.29, 1.82) is 0 Å². The van der Waals surface area contributed by atoms with Crippen LogP contribution < -0.4 is 5.32 Å². The molecule has 4 nitrogen and oxygen atoms in total. The molecule has 1 aliphatic rings. The maximum atomic E-state index is 5.76. The Hall–Kier alpha value is -1.00. The lowest BCUT2D eigenvalue weighted by Crippen LogP contribution is -2.33. The minimum Gasteiger partial charge on any atom is -0.370 e. The smallest absolute Gasteiger partial charge is 0.160 e. The molecule has 0 atom stereocenters. The van der Waals surface area contributed by atoms with Gasteiger partial charge in [-0.15, -0.1) is 0 Å². The van der Waals surface area contributed by atoms with Crippen LogP contribution in [-0.4, -0.2) is 23.6 Å². The predicted octanol–water partition coefficient (Wildman–Crippen LogP) is 2.78. The molecule has 0 radical (unpaired) electrons. The summed E-state index contributed by atoms with van der Waals surface area (Å²) in [5.74, 6) is 0.856. The zero-order valence-corrected chi connectivity index (χ0v) is 12.1. The maximum absolute atomic E-state index is 5.76. The first-order chi connectivity index (χ1) is 9.30. The third kappa shape index (κ3) is 3.51. The fourth-order valence-electron chi connectivity index (χ4n) is 2.73. The highest BCUT2D eigenvalue weighted by Gasteiger charge is 2.36. The zero-order valence-electron chi connectivity index (χ0n) is 12.1. The van der Waals surface area contributed by atoms with Gasteiger partial charge in [0.2, 0.25) is 0 Å². The van der Waals surface area contributed by atoms with Gasteiger partial charge in [-0.2, -0.15) is 0 Å². The van der Waals surface area contributed by atoms with Gasteiger partial charge in [0, 0.05) is 31.6 Å². The molecule has 19 heavy (non-hydrogen) atoms. The third-order valence-electron chi connectivity index (χ3n) is 3.92. The van der Waals surface area contributed by atoms with Gasteiger partial charge in [-0.05, 0) is 25.8 Å². The second-order valence-electron chi connectivity index (χ2n) is 5.35. The van der Waals surface area contributed by atoms with E-state index in [0.29, 0.717) is 0 Å². The molecule has 0 spiro atoms. The second-order valence-corrected chi connectivity index (χ2v) is 5.35. The van der Waals surface area contributed by atoms with Crippen molar-refractivity contribution in [3.05, 3.63) is 23.8 Å². The summed E-state index contributed by atoms with van der Waals surface area (Å²) >= 11 is 0. The van der Waals surface area contributed by atoms with Gasteiger partial charge in [0.05, 0.1) is 0 Å². The minimum absolute atomic E-state index is 0.242. The number of nitrogens with zero attached hydrogens (tertiary/aromatic N) is 2. The Morgan fingerprint density at radius 2 is 1.89 bits per heavy atom. The fourth-order valence-corrected chi connectivity index (χ4v) is 2.73. The zero-order chi connectivity index (χ0) is 13.6. The van der Waals surface area contributed by atoms with Crippen LogP contribution in [0.25, 0.3) is 0 Å². The first-order valence-electron chi connectivity index (χ1n) is 7.38. The van der Waals surface area contributed by atoms with Crippen LogP contribution >= 0.6 is 0 Å². The number of hydrogen-bond donors (Lipinski definition) is 1. The molecule has 0 saturated heterocycles. The molecule has 1 aromatic rings. The van der Waals surface area contributed by atoms with Crippen LogP contribution in [0, 0.1) is 0 Å². The van der Waals surface area contributed by atoms with Crippen molar-refractivity contribution in [2.24, 2.45) is 0 Å². The summed E-state index contributed by atoms with van der Waals surface area (Å²) < 4.78 is 5.76. The quantitative estimate of drug-likeness (QED) is 0.802. The molecule has 1 saturated carbocycles. The van der Waals surface area contributed by atoms with Crippen molar-refractivity contribution in [2.45, 2.75) is 57.6 Å². The molecular weight excluding hydrogens is 238 g/mol. The van der Waals surface area contributed by atoms with Gasteiger partial charge in [0.15, 0.2) is 5.82 Å². The van der Waals surface area contributed by atoms with Crippen LogP contribution in [0.4, 0.5) is 0 Å². The third-order valence-corrected chi connectivity index (χ3v) is 3.92. The Kier molecular flexibility index (Phi) is 5.28. The summed E-state index contributed by atoms with van der Waals surface area (Å²) in [6.45, 7) is 4.04. The van der Waals surface area contributed by atoms with Gasteiger partial charge in [-0.25, -0.2) is 9.97 Å². The van der Waals surface area contributed by atoms with E-state index < -0.39 is 0 Å². The summed E-state index contributed by atoms with van der Waals surface area (Å²) in [6, 6.07) is 0. The first kappa shape index (κ1) is 14.4. The Balaban J connectivity index is 2.03. The van der Waals surface area contributed by atoms with Crippen LogP contribution in [-0.2, 0) is 16.9 Å². The van der Waals surface area contributed by atoms with E-state index in [9.17, 15) is 0 Å². The Labute approximate surface area is 116 Å². The molecule has 0 aliphatic heterocycles. The number of hydrogen-bond acceptors (Lipinski definition) is 4. The van der Waals surface area contributed by atoms with Crippen molar-refractivity contribution in [2.75, 3.05) is 13.7 Å². The van der Waals surface area contributed by atoms with Gasteiger partial charge in [-0.1, -0.05) is 26.2 Å². The topological polar surface area (TPSA) is 47.0 Å². The number of rotatable bonds is 6. The number of aromatic nitrogens is 2. The van der Waals surface area contributed by atoms with Crippen molar-refractivity contribution in [3.8, 4) is 0 Å². The summed E-state index contributed by atoms with van der Waals surface area (Å²) in [5, 5.41) is 3.36. The van der Waals surface area contributed by atoms with Gasteiger partial charge in [-0.3, -0.25) is 0 Å². The largest absolute Gasteiger partial charge is 0.370 e. The van der Waals surface area contributed by atoms with Crippen LogP contribution in [0.1, 0.15) is 56.8 Å². The highest BCUT2D eigenvalue weighted by molar-refractivity contribution is 5.10. The van der Waals surface area contributed by atoms with Crippen molar-refractivity contribution in [3.63, 3.8) is 0 Å². The maximum Gasteiger partial charge on any atom is 0.160 e. The molecule has 1 N–H and O–H groups in total. The van der Waals surface area contributed by atoms with Gasteiger partial charge in [0.25, 0.3) is 0 Å². The number of ether oxygens (including phenoxy) is 1.